The van der Waals surface area contributed by atoms with Crippen LogP contribution in [-0.4, -0.2) is 44.6 Å². The van der Waals surface area contributed by atoms with Gasteiger partial charge in [0.15, 0.2) is 0 Å². The second-order valence-electron chi connectivity index (χ2n) is 6.81. The number of hydrogen-bond acceptors (Lipinski definition) is 5. The number of nitrogens with zero attached hydrogens (tertiary/aromatic N) is 1. The fourth-order valence-corrected chi connectivity index (χ4v) is 3.18. The monoisotopic (exact) mass is 392 g/mol. The molecule has 0 aliphatic heterocycles. The number of esters is 1. The van der Waals surface area contributed by atoms with Gasteiger partial charge >= 0.3 is 5.97 Å². The van der Waals surface area contributed by atoms with Crippen molar-refractivity contribution in [1.82, 2.24) is 4.90 Å². The topological polar surface area (TPSA) is 67.9 Å². The van der Waals surface area contributed by atoms with E-state index in [1.165, 1.54) is 7.11 Å². The maximum absolute atomic E-state index is 12.4. The molecule has 0 aliphatic carbocycles. The summed E-state index contributed by atoms with van der Waals surface area (Å²) in [7, 11) is 4.84. The summed E-state index contributed by atoms with van der Waals surface area (Å²) >= 11 is 0. The number of fused-ring (bicyclic) bond motifs is 1. The van der Waals surface area contributed by atoms with Crippen LogP contribution in [0.2, 0.25) is 0 Å². The van der Waals surface area contributed by atoms with E-state index >= 15 is 0 Å². The molecule has 6 nitrogen and oxygen atoms in total. The summed E-state index contributed by atoms with van der Waals surface area (Å²) < 4.78 is 10.0. The lowest BCUT2D eigenvalue weighted by Gasteiger charge is -2.17. The first-order valence-electron chi connectivity index (χ1n) is 9.22. The van der Waals surface area contributed by atoms with Gasteiger partial charge in [-0.05, 0) is 53.7 Å². The smallest absolute Gasteiger partial charge is 0.339 e. The molecule has 3 rings (SSSR count). The predicted octanol–water partition coefficient (Wildman–Crippen LogP) is 3.71. The molecule has 0 aliphatic rings. The lowest BCUT2D eigenvalue weighted by atomic mass is 10.1. The number of amides is 1. The third kappa shape index (κ3) is 5.12. The average molecular weight is 392 g/mol. The molecule has 0 atom stereocenters. The molecule has 0 saturated carbocycles. The summed E-state index contributed by atoms with van der Waals surface area (Å²) in [5.74, 6) is 0.141. The van der Waals surface area contributed by atoms with Crippen molar-refractivity contribution in [3.8, 4) is 5.75 Å². The Balaban J connectivity index is 1.63. The van der Waals surface area contributed by atoms with Gasteiger partial charge in [0.05, 0.1) is 32.0 Å². The van der Waals surface area contributed by atoms with Crippen LogP contribution in [0.15, 0.2) is 60.7 Å². The van der Waals surface area contributed by atoms with Gasteiger partial charge in [-0.1, -0.05) is 30.3 Å². The second-order valence-corrected chi connectivity index (χ2v) is 6.81. The minimum absolute atomic E-state index is 0.191. The molecule has 29 heavy (non-hydrogen) atoms. The van der Waals surface area contributed by atoms with Crippen molar-refractivity contribution in [2.45, 2.75) is 6.54 Å². The highest BCUT2D eigenvalue weighted by Gasteiger charge is 2.14. The van der Waals surface area contributed by atoms with Crippen LogP contribution in [-0.2, 0) is 16.1 Å². The number of likely N-dealkylation sites (N-methyl/N-ethyl adjacent to an activating group) is 1. The van der Waals surface area contributed by atoms with Gasteiger partial charge in [-0.25, -0.2) is 4.79 Å². The quantitative estimate of drug-likeness (QED) is 0.621. The van der Waals surface area contributed by atoms with E-state index in [9.17, 15) is 9.59 Å². The van der Waals surface area contributed by atoms with Crippen LogP contribution >= 0.6 is 0 Å². The van der Waals surface area contributed by atoms with Gasteiger partial charge < -0.3 is 14.8 Å². The number of carbonyl (C=O) groups is 2. The molecule has 0 bridgehead atoms. The molecule has 1 amide bonds. The summed E-state index contributed by atoms with van der Waals surface area (Å²) in [4.78, 5) is 26.2. The normalized spacial score (nSPS) is 10.8. The molecule has 6 heteroatoms. The molecule has 3 aromatic rings. The zero-order chi connectivity index (χ0) is 20.8. The van der Waals surface area contributed by atoms with Gasteiger partial charge in [0.25, 0.3) is 0 Å². The van der Waals surface area contributed by atoms with Gasteiger partial charge in [0.2, 0.25) is 5.91 Å². The molecule has 0 unspecified atom stereocenters. The number of methoxy groups -OCH3 is 2. The number of para-hydroxylation sites is 1. The zero-order valence-electron chi connectivity index (χ0n) is 16.8. The molecule has 0 aromatic heterocycles. The number of nitrogens with one attached hydrogen (secondary N) is 1. The number of hydrogen-bond donors (Lipinski definition) is 1. The first kappa shape index (κ1) is 20.4. The van der Waals surface area contributed by atoms with E-state index in [-0.39, 0.29) is 12.5 Å². The van der Waals surface area contributed by atoms with Gasteiger partial charge in [0, 0.05) is 6.54 Å². The summed E-state index contributed by atoms with van der Waals surface area (Å²) in [5.41, 5.74) is 1.88. The van der Waals surface area contributed by atoms with Crippen molar-refractivity contribution in [3.05, 3.63) is 71.8 Å². The Morgan fingerprint density at radius 2 is 1.69 bits per heavy atom. The number of ether oxygens (including phenoxy) is 2. The van der Waals surface area contributed by atoms with Crippen molar-refractivity contribution in [2.75, 3.05) is 33.1 Å². The summed E-state index contributed by atoms with van der Waals surface area (Å²) in [6, 6.07) is 18.9. The maximum atomic E-state index is 12.4. The lowest BCUT2D eigenvalue weighted by molar-refractivity contribution is -0.117. The molecule has 0 fully saturated rings. The molecule has 150 valence electrons. The van der Waals surface area contributed by atoms with Crippen LogP contribution in [0, 0.1) is 0 Å². The third-order valence-electron chi connectivity index (χ3n) is 4.58. The maximum Gasteiger partial charge on any atom is 0.339 e. The molecular formula is C23H24N2O4. The van der Waals surface area contributed by atoms with E-state index in [0.717, 1.165) is 22.1 Å². The van der Waals surface area contributed by atoms with E-state index in [4.69, 9.17) is 9.47 Å². The molecule has 0 spiro atoms. The van der Waals surface area contributed by atoms with Crippen molar-refractivity contribution in [3.63, 3.8) is 0 Å². The number of benzene rings is 3. The van der Waals surface area contributed by atoms with Crippen molar-refractivity contribution < 1.29 is 19.1 Å². The Morgan fingerprint density at radius 1 is 0.966 bits per heavy atom. The number of anilines is 1. The van der Waals surface area contributed by atoms with E-state index in [2.05, 4.69) is 11.4 Å². The van der Waals surface area contributed by atoms with Crippen LogP contribution in [0.25, 0.3) is 10.8 Å². The highest BCUT2D eigenvalue weighted by atomic mass is 16.5. The van der Waals surface area contributed by atoms with Crippen molar-refractivity contribution in [2.24, 2.45) is 0 Å². The summed E-state index contributed by atoms with van der Waals surface area (Å²) in [6.07, 6.45) is 0. The summed E-state index contributed by atoms with van der Waals surface area (Å²) in [5, 5.41) is 5.01. The molecule has 3 aromatic carbocycles. The van der Waals surface area contributed by atoms with Crippen LogP contribution in [0.3, 0.4) is 0 Å². The third-order valence-corrected chi connectivity index (χ3v) is 4.58. The Labute approximate surface area is 170 Å². The van der Waals surface area contributed by atoms with Crippen molar-refractivity contribution in [1.29, 1.82) is 0 Å². The second kappa shape index (κ2) is 9.21. The van der Waals surface area contributed by atoms with E-state index in [0.29, 0.717) is 17.8 Å². The summed E-state index contributed by atoms with van der Waals surface area (Å²) in [6.45, 7) is 0.810. The fourth-order valence-electron chi connectivity index (χ4n) is 3.18. The van der Waals surface area contributed by atoms with E-state index < -0.39 is 5.97 Å². The van der Waals surface area contributed by atoms with Crippen LogP contribution in [0.1, 0.15) is 15.9 Å². The lowest BCUT2D eigenvalue weighted by Crippen LogP contribution is -2.30. The molecule has 0 radical (unpaired) electrons. The number of rotatable bonds is 7. The van der Waals surface area contributed by atoms with E-state index in [1.54, 1.807) is 31.4 Å². The Morgan fingerprint density at radius 3 is 2.45 bits per heavy atom. The fraction of sp³-hybridized carbons (Fsp3) is 0.217. The first-order chi connectivity index (χ1) is 14.0. The standard InChI is InChI=1S/C23H24N2O4/c1-25(14-16-8-9-18-13-19(28-2)11-10-17(18)12-16)15-22(26)24-21-7-5-4-6-20(21)23(27)29-3/h4-13H,14-15H2,1-3H3,(H,24,26). The Bertz CT molecular complexity index is 1030. The van der Waals surface area contributed by atoms with Gasteiger partial charge in [-0.3, -0.25) is 9.69 Å². The minimum Gasteiger partial charge on any atom is -0.497 e. The minimum atomic E-state index is -0.484. The largest absolute Gasteiger partial charge is 0.497 e. The van der Waals surface area contributed by atoms with Crippen LogP contribution < -0.4 is 10.1 Å². The SMILES string of the molecule is COC(=O)c1ccccc1NC(=O)CN(C)Cc1ccc2cc(OC)ccc2c1. The number of carbonyl (C=O) groups excluding carboxylic acids is 2. The first-order valence-corrected chi connectivity index (χ1v) is 9.22. The zero-order valence-corrected chi connectivity index (χ0v) is 16.8. The van der Waals surface area contributed by atoms with Gasteiger partial charge in [-0.15, -0.1) is 0 Å². The van der Waals surface area contributed by atoms with Crippen molar-refractivity contribution >= 4 is 28.3 Å². The molecule has 0 saturated heterocycles. The molecular weight excluding hydrogens is 368 g/mol. The predicted molar refractivity (Wildman–Crippen MR) is 113 cm³/mol. The Hall–Kier alpha value is -3.38. The highest BCUT2D eigenvalue weighted by molar-refractivity contribution is 6.01. The van der Waals surface area contributed by atoms with Crippen LogP contribution in [0.5, 0.6) is 5.75 Å². The van der Waals surface area contributed by atoms with Gasteiger partial charge in [0.1, 0.15) is 5.75 Å². The highest BCUT2D eigenvalue weighted by Crippen LogP contribution is 2.22. The molecule has 1 N–H and O–H groups in total. The van der Waals surface area contributed by atoms with Crippen LogP contribution in [0.4, 0.5) is 5.69 Å². The molecule has 0 heterocycles. The average Bonchev–Trinajstić information content (AvgIpc) is 2.73. The Kier molecular flexibility index (Phi) is 6.46. The van der Waals surface area contributed by atoms with Gasteiger partial charge in [-0.2, -0.15) is 0 Å². The van der Waals surface area contributed by atoms with E-state index in [1.807, 2.05) is 42.3 Å².